The maximum absolute atomic E-state index is 13.0. The molecule has 0 amide bonds. The Balaban J connectivity index is 1.93. The Hall–Kier alpha value is -2.36. The smallest absolute Gasteiger partial charge is 0.159 e. The van der Waals surface area contributed by atoms with E-state index in [0.29, 0.717) is 12.1 Å². The van der Waals surface area contributed by atoms with Gasteiger partial charge in [0.05, 0.1) is 12.2 Å². The number of anilines is 1. The number of Topliss-reactive ketones (excluding diaryl/α,β-unsaturated/α-hetero) is 1. The summed E-state index contributed by atoms with van der Waals surface area (Å²) in [5.74, 6) is 0.576. The molecule has 0 saturated heterocycles. The van der Waals surface area contributed by atoms with Gasteiger partial charge in [-0.05, 0) is 49.7 Å². The van der Waals surface area contributed by atoms with Gasteiger partial charge in [-0.2, -0.15) is 0 Å². The summed E-state index contributed by atoms with van der Waals surface area (Å²) in [4.78, 5) is 13.8. The third kappa shape index (κ3) is 2.96. The van der Waals surface area contributed by atoms with Gasteiger partial charge in [0.15, 0.2) is 5.78 Å². The number of carbonyl (C=O) groups is 1. The van der Waals surface area contributed by atoms with Crippen LogP contribution in [0.3, 0.4) is 0 Å². The fraction of sp³-hybridized carbons (Fsp3) is 0.278. The number of rotatable bonds is 3. The number of nitrogens with zero attached hydrogens (tertiary/aromatic N) is 1. The molecule has 114 valence electrons. The summed E-state index contributed by atoms with van der Waals surface area (Å²) in [7, 11) is 0. The van der Waals surface area contributed by atoms with Crippen LogP contribution in [0.5, 0.6) is 5.75 Å². The van der Waals surface area contributed by atoms with Crippen LogP contribution in [0.15, 0.2) is 42.5 Å². The first-order valence-electron chi connectivity index (χ1n) is 7.34. The first kappa shape index (κ1) is 14.6. The Morgan fingerprint density at radius 1 is 1.27 bits per heavy atom. The number of benzene rings is 2. The Morgan fingerprint density at radius 2 is 2.00 bits per heavy atom. The first-order valence-corrected chi connectivity index (χ1v) is 7.34. The maximum Gasteiger partial charge on any atom is 0.159 e. The van der Waals surface area contributed by atoms with Crippen LogP contribution < -0.4 is 9.64 Å². The molecule has 4 heteroatoms. The highest BCUT2D eigenvalue weighted by Crippen LogP contribution is 2.35. The number of carbonyl (C=O) groups excluding carboxylic acids is 1. The van der Waals surface area contributed by atoms with Crippen LogP contribution >= 0.6 is 0 Å². The number of fused-ring (bicyclic) bond motifs is 1. The van der Waals surface area contributed by atoms with Crippen LogP contribution in [-0.4, -0.2) is 18.4 Å². The molecule has 0 spiro atoms. The summed E-state index contributed by atoms with van der Waals surface area (Å²) in [6.45, 7) is 4.95. The fourth-order valence-corrected chi connectivity index (χ4v) is 2.71. The third-order valence-electron chi connectivity index (χ3n) is 3.80. The molecule has 2 aromatic carbocycles. The minimum absolute atomic E-state index is 0.0307. The summed E-state index contributed by atoms with van der Waals surface area (Å²) in [5.41, 5.74) is 2.60. The SMILES string of the molecule is CC(=O)c1ccc2c(c1)N(Cc1ccc(F)cc1)CC(C)O2. The minimum Gasteiger partial charge on any atom is -0.487 e. The predicted octanol–water partition coefficient (Wildman–Crippen LogP) is 3.82. The largest absolute Gasteiger partial charge is 0.487 e. The molecule has 1 aliphatic heterocycles. The lowest BCUT2D eigenvalue weighted by Crippen LogP contribution is -2.38. The van der Waals surface area contributed by atoms with Gasteiger partial charge in [0.1, 0.15) is 17.7 Å². The van der Waals surface area contributed by atoms with E-state index in [9.17, 15) is 9.18 Å². The molecule has 0 aliphatic carbocycles. The van der Waals surface area contributed by atoms with E-state index in [-0.39, 0.29) is 17.7 Å². The topological polar surface area (TPSA) is 29.5 Å². The summed E-state index contributed by atoms with van der Waals surface area (Å²) >= 11 is 0. The molecular formula is C18H18FNO2. The molecule has 0 aromatic heterocycles. The zero-order valence-electron chi connectivity index (χ0n) is 12.7. The maximum atomic E-state index is 13.0. The molecule has 0 saturated carbocycles. The van der Waals surface area contributed by atoms with Gasteiger partial charge in [-0.25, -0.2) is 4.39 Å². The molecule has 0 N–H and O–H groups in total. The molecule has 0 fully saturated rings. The van der Waals surface area contributed by atoms with Crippen molar-refractivity contribution in [2.24, 2.45) is 0 Å². The van der Waals surface area contributed by atoms with Crippen LogP contribution in [-0.2, 0) is 6.54 Å². The number of ether oxygens (including phenoxy) is 1. The lowest BCUT2D eigenvalue weighted by atomic mass is 10.1. The summed E-state index contributed by atoms with van der Waals surface area (Å²) in [5, 5.41) is 0. The zero-order chi connectivity index (χ0) is 15.7. The fourth-order valence-electron chi connectivity index (χ4n) is 2.71. The number of ketones is 1. The highest BCUT2D eigenvalue weighted by atomic mass is 19.1. The van der Waals surface area contributed by atoms with E-state index in [0.717, 1.165) is 23.5 Å². The van der Waals surface area contributed by atoms with Gasteiger partial charge < -0.3 is 9.64 Å². The van der Waals surface area contributed by atoms with E-state index in [1.165, 1.54) is 12.1 Å². The van der Waals surface area contributed by atoms with Crippen molar-refractivity contribution in [1.29, 1.82) is 0 Å². The monoisotopic (exact) mass is 299 g/mol. The molecule has 1 unspecified atom stereocenters. The summed E-state index contributed by atoms with van der Waals surface area (Å²) in [6, 6.07) is 12.0. The Kier molecular flexibility index (Phi) is 3.84. The van der Waals surface area contributed by atoms with Gasteiger partial charge in [0.2, 0.25) is 0 Å². The normalized spacial score (nSPS) is 16.9. The molecule has 3 nitrogen and oxygen atoms in total. The lowest BCUT2D eigenvalue weighted by molar-refractivity contribution is 0.101. The third-order valence-corrected chi connectivity index (χ3v) is 3.80. The van der Waals surface area contributed by atoms with Crippen molar-refractivity contribution in [3.05, 3.63) is 59.4 Å². The van der Waals surface area contributed by atoms with Gasteiger partial charge in [-0.1, -0.05) is 12.1 Å². The molecule has 3 rings (SSSR count). The van der Waals surface area contributed by atoms with E-state index in [1.54, 1.807) is 25.1 Å². The van der Waals surface area contributed by atoms with E-state index in [1.807, 2.05) is 19.1 Å². The summed E-state index contributed by atoms with van der Waals surface area (Å²) in [6.07, 6.45) is 0.0659. The molecule has 2 aromatic rings. The highest BCUT2D eigenvalue weighted by Gasteiger charge is 2.23. The van der Waals surface area contributed by atoms with Crippen molar-refractivity contribution < 1.29 is 13.9 Å². The first-order chi connectivity index (χ1) is 10.5. The predicted molar refractivity (Wildman–Crippen MR) is 84.0 cm³/mol. The second kappa shape index (κ2) is 5.79. The molecule has 22 heavy (non-hydrogen) atoms. The van der Waals surface area contributed by atoms with Crippen molar-refractivity contribution in [2.45, 2.75) is 26.5 Å². The van der Waals surface area contributed by atoms with E-state index < -0.39 is 0 Å². The zero-order valence-corrected chi connectivity index (χ0v) is 12.7. The van der Waals surface area contributed by atoms with E-state index >= 15 is 0 Å². The van der Waals surface area contributed by atoms with Crippen molar-refractivity contribution in [3.63, 3.8) is 0 Å². The van der Waals surface area contributed by atoms with E-state index in [2.05, 4.69) is 4.90 Å². The van der Waals surface area contributed by atoms with Gasteiger partial charge in [-0.15, -0.1) is 0 Å². The summed E-state index contributed by atoms with van der Waals surface area (Å²) < 4.78 is 18.9. The molecule has 0 radical (unpaired) electrons. The lowest BCUT2D eigenvalue weighted by Gasteiger charge is -2.35. The van der Waals surface area contributed by atoms with Gasteiger partial charge in [0, 0.05) is 12.1 Å². The standard InChI is InChI=1S/C18H18FNO2/c1-12-10-20(11-14-3-6-16(19)7-4-14)17-9-15(13(2)21)5-8-18(17)22-12/h3-9,12H,10-11H2,1-2H3. The second-order valence-electron chi connectivity index (χ2n) is 5.67. The second-order valence-corrected chi connectivity index (χ2v) is 5.67. The Morgan fingerprint density at radius 3 is 2.68 bits per heavy atom. The van der Waals surface area contributed by atoms with E-state index in [4.69, 9.17) is 4.74 Å². The van der Waals surface area contributed by atoms with Crippen molar-refractivity contribution in [2.75, 3.05) is 11.4 Å². The quantitative estimate of drug-likeness (QED) is 0.807. The van der Waals surface area contributed by atoms with Gasteiger partial charge >= 0.3 is 0 Å². The van der Waals surface area contributed by atoms with Crippen LogP contribution in [0, 0.1) is 5.82 Å². The van der Waals surface area contributed by atoms with Gasteiger partial charge in [0.25, 0.3) is 0 Å². The Bertz CT molecular complexity index is 697. The number of hydrogen-bond acceptors (Lipinski definition) is 3. The molecule has 0 bridgehead atoms. The average Bonchev–Trinajstić information content (AvgIpc) is 2.49. The highest BCUT2D eigenvalue weighted by molar-refractivity contribution is 5.95. The number of hydrogen-bond donors (Lipinski definition) is 0. The molecule has 1 atom stereocenters. The van der Waals surface area contributed by atoms with Crippen LogP contribution in [0.25, 0.3) is 0 Å². The minimum atomic E-state index is -0.238. The van der Waals surface area contributed by atoms with Gasteiger partial charge in [-0.3, -0.25) is 4.79 Å². The molecule has 1 heterocycles. The Labute approximate surface area is 129 Å². The average molecular weight is 299 g/mol. The number of halogens is 1. The molecular weight excluding hydrogens is 281 g/mol. The molecule has 1 aliphatic rings. The van der Waals surface area contributed by atoms with Crippen LogP contribution in [0.1, 0.15) is 29.8 Å². The van der Waals surface area contributed by atoms with Crippen LogP contribution in [0.4, 0.5) is 10.1 Å². The van der Waals surface area contributed by atoms with Crippen molar-refractivity contribution >= 4 is 11.5 Å². The van der Waals surface area contributed by atoms with Crippen molar-refractivity contribution in [3.8, 4) is 5.75 Å². The van der Waals surface area contributed by atoms with Crippen molar-refractivity contribution in [1.82, 2.24) is 0 Å². The van der Waals surface area contributed by atoms with Crippen LogP contribution in [0.2, 0.25) is 0 Å².